The van der Waals surface area contributed by atoms with E-state index in [9.17, 15) is 0 Å². The summed E-state index contributed by atoms with van der Waals surface area (Å²) in [6.07, 6.45) is 9.15. The van der Waals surface area contributed by atoms with Gasteiger partial charge in [-0.05, 0) is 78.2 Å². The SMILES string of the molecule is B[C@@]12CC=C(CCOCc3ccccc3)C(CCc3cccc(OC)c3)=C1C[C@H](OC)C2. The molecule has 2 aliphatic carbocycles. The summed E-state index contributed by atoms with van der Waals surface area (Å²) in [5, 5.41) is 0.235. The molecule has 32 heavy (non-hydrogen) atoms. The van der Waals surface area contributed by atoms with E-state index in [1.807, 2.05) is 19.2 Å². The number of fused-ring (bicyclic) bond motifs is 1. The standard InChI is InChI=1S/C28H35BO3/c1-30-24-10-6-9-21(17-24)11-12-26-23(14-16-32-20-22-7-4-3-5-8-22)13-15-28(29)19-25(31-2)18-27(26)28/h3-10,13,17,25H,11-12,14-16,18-20,29H2,1-2H3/t25-,28+/m0/s1. The zero-order valence-electron chi connectivity index (χ0n) is 19.7. The van der Waals surface area contributed by atoms with Crippen LogP contribution in [0.15, 0.2) is 77.4 Å². The van der Waals surface area contributed by atoms with Gasteiger partial charge in [-0.1, -0.05) is 54.1 Å². The lowest BCUT2D eigenvalue weighted by Gasteiger charge is -2.33. The maximum atomic E-state index is 6.04. The highest BCUT2D eigenvalue weighted by atomic mass is 16.5. The van der Waals surface area contributed by atoms with Gasteiger partial charge in [0.05, 0.1) is 26.4 Å². The summed E-state index contributed by atoms with van der Waals surface area (Å²) in [4.78, 5) is 0. The summed E-state index contributed by atoms with van der Waals surface area (Å²) >= 11 is 0. The highest BCUT2D eigenvalue weighted by Gasteiger charge is 2.42. The van der Waals surface area contributed by atoms with Gasteiger partial charge in [-0.25, -0.2) is 0 Å². The zero-order chi connectivity index (χ0) is 22.4. The number of methoxy groups -OCH3 is 2. The van der Waals surface area contributed by atoms with Crippen LogP contribution in [0.25, 0.3) is 0 Å². The average molecular weight is 430 g/mol. The van der Waals surface area contributed by atoms with Gasteiger partial charge in [0, 0.05) is 7.11 Å². The summed E-state index contributed by atoms with van der Waals surface area (Å²) in [5.41, 5.74) is 7.20. The maximum absolute atomic E-state index is 6.04. The molecule has 0 unspecified atom stereocenters. The number of hydrogen-bond acceptors (Lipinski definition) is 3. The maximum Gasteiger partial charge on any atom is 0.119 e. The van der Waals surface area contributed by atoms with E-state index in [0.29, 0.717) is 12.7 Å². The molecule has 0 spiro atoms. The molecule has 1 saturated carbocycles. The molecular formula is C28H35BO3. The molecule has 2 atom stereocenters. The van der Waals surface area contributed by atoms with Crippen LogP contribution in [-0.2, 0) is 22.5 Å². The minimum atomic E-state index is 0.235. The molecule has 0 bridgehead atoms. The molecule has 0 aliphatic heterocycles. The molecule has 0 N–H and O–H groups in total. The van der Waals surface area contributed by atoms with Crippen LogP contribution in [0.1, 0.15) is 43.2 Å². The minimum Gasteiger partial charge on any atom is -0.497 e. The number of benzene rings is 2. The molecule has 4 heteroatoms. The van der Waals surface area contributed by atoms with Crippen molar-refractivity contribution in [1.29, 1.82) is 0 Å². The van der Waals surface area contributed by atoms with Crippen LogP contribution in [-0.4, -0.2) is 34.8 Å². The van der Waals surface area contributed by atoms with Crippen LogP contribution in [0, 0.1) is 0 Å². The average Bonchev–Trinajstić information content (AvgIpc) is 3.18. The number of hydrogen-bond donors (Lipinski definition) is 0. The van der Waals surface area contributed by atoms with Crippen molar-refractivity contribution in [3.8, 4) is 5.75 Å². The first-order chi connectivity index (χ1) is 15.6. The molecule has 4 rings (SSSR count). The Hall–Kier alpha value is -2.30. The molecule has 0 radical (unpaired) electrons. The van der Waals surface area contributed by atoms with E-state index < -0.39 is 0 Å². The molecular weight excluding hydrogens is 395 g/mol. The fraction of sp³-hybridized carbons (Fsp3) is 0.429. The Balaban J connectivity index is 1.47. The molecule has 0 amide bonds. The molecule has 0 heterocycles. The number of ether oxygens (including phenoxy) is 3. The van der Waals surface area contributed by atoms with Gasteiger partial charge in [-0.2, -0.15) is 0 Å². The molecule has 0 aromatic heterocycles. The first-order valence-electron chi connectivity index (χ1n) is 11.8. The van der Waals surface area contributed by atoms with Crippen molar-refractivity contribution in [2.75, 3.05) is 20.8 Å². The van der Waals surface area contributed by atoms with Crippen LogP contribution in [0.5, 0.6) is 5.75 Å². The van der Waals surface area contributed by atoms with E-state index >= 15 is 0 Å². The fourth-order valence-corrected chi connectivity index (χ4v) is 5.31. The predicted octanol–water partition coefficient (Wildman–Crippen LogP) is 5.46. The van der Waals surface area contributed by atoms with Crippen LogP contribution in [0.4, 0.5) is 0 Å². The molecule has 2 aromatic rings. The lowest BCUT2D eigenvalue weighted by Crippen LogP contribution is -2.18. The second kappa shape index (κ2) is 10.5. The van der Waals surface area contributed by atoms with Crippen LogP contribution in [0.2, 0.25) is 5.31 Å². The highest BCUT2D eigenvalue weighted by Crippen LogP contribution is 2.56. The van der Waals surface area contributed by atoms with Crippen molar-refractivity contribution in [2.24, 2.45) is 0 Å². The molecule has 3 nitrogen and oxygen atoms in total. The van der Waals surface area contributed by atoms with E-state index in [4.69, 9.17) is 14.2 Å². The summed E-state index contributed by atoms with van der Waals surface area (Å²) in [6, 6.07) is 18.9. The number of allylic oxidation sites excluding steroid dienone is 2. The third kappa shape index (κ3) is 5.36. The minimum absolute atomic E-state index is 0.235. The Labute approximate surface area is 193 Å². The van der Waals surface area contributed by atoms with Crippen molar-refractivity contribution in [3.05, 3.63) is 88.5 Å². The van der Waals surface area contributed by atoms with E-state index in [0.717, 1.165) is 50.9 Å². The lowest BCUT2D eigenvalue weighted by atomic mass is 9.58. The third-order valence-corrected chi connectivity index (χ3v) is 7.15. The van der Waals surface area contributed by atoms with Gasteiger partial charge in [0.1, 0.15) is 13.6 Å². The first kappa shape index (κ1) is 22.9. The molecule has 2 aliphatic rings. The summed E-state index contributed by atoms with van der Waals surface area (Å²) in [6.45, 7) is 1.42. The van der Waals surface area contributed by atoms with Crippen molar-refractivity contribution in [1.82, 2.24) is 0 Å². The van der Waals surface area contributed by atoms with Gasteiger partial charge < -0.3 is 14.2 Å². The Bertz CT molecular complexity index is 966. The Morgan fingerprint density at radius 1 is 0.969 bits per heavy atom. The Morgan fingerprint density at radius 3 is 2.56 bits per heavy atom. The monoisotopic (exact) mass is 430 g/mol. The number of aryl methyl sites for hydroxylation is 1. The largest absolute Gasteiger partial charge is 0.497 e. The lowest BCUT2D eigenvalue weighted by molar-refractivity contribution is 0.107. The fourth-order valence-electron chi connectivity index (χ4n) is 5.31. The predicted molar refractivity (Wildman–Crippen MR) is 133 cm³/mol. The quantitative estimate of drug-likeness (QED) is 0.370. The van der Waals surface area contributed by atoms with Gasteiger partial charge in [0.15, 0.2) is 0 Å². The third-order valence-electron chi connectivity index (χ3n) is 7.15. The van der Waals surface area contributed by atoms with E-state index in [1.54, 1.807) is 18.3 Å². The van der Waals surface area contributed by atoms with Crippen molar-refractivity contribution >= 4 is 7.85 Å². The van der Waals surface area contributed by atoms with Crippen LogP contribution >= 0.6 is 0 Å². The van der Waals surface area contributed by atoms with E-state index in [-0.39, 0.29) is 5.31 Å². The molecule has 2 aromatic carbocycles. The van der Waals surface area contributed by atoms with Gasteiger partial charge >= 0.3 is 0 Å². The van der Waals surface area contributed by atoms with Gasteiger partial charge in [0.25, 0.3) is 0 Å². The molecule has 168 valence electrons. The Kier molecular flexibility index (Phi) is 7.54. The second-order valence-corrected chi connectivity index (χ2v) is 9.36. The van der Waals surface area contributed by atoms with Gasteiger partial charge in [-0.3, -0.25) is 0 Å². The van der Waals surface area contributed by atoms with E-state index in [2.05, 4.69) is 56.4 Å². The zero-order valence-corrected chi connectivity index (χ0v) is 19.7. The van der Waals surface area contributed by atoms with E-state index in [1.165, 1.54) is 16.7 Å². The first-order valence-corrected chi connectivity index (χ1v) is 11.8. The van der Waals surface area contributed by atoms with Crippen LogP contribution in [0.3, 0.4) is 0 Å². The molecule has 0 saturated heterocycles. The summed E-state index contributed by atoms with van der Waals surface area (Å²) < 4.78 is 17.3. The number of rotatable bonds is 10. The second-order valence-electron chi connectivity index (χ2n) is 9.36. The highest BCUT2D eigenvalue weighted by molar-refractivity contribution is 6.18. The van der Waals surface area contributed by atoms with Crippen molar-refractivity contribution < 1.29 is 14.2 Å². The Morgan fingerprint density at radius 2 is 1.78 bits per heavy atom. The van der Waals surface area contributed by atoms with Gasteiger partial charge in [0.2, 0.25) is 0 Å². The van der Waals surface area contributed by atoms with Crippen LogP contribution < -0.4 is 4.74 Å². The summed E-state index contributed by atoms with van der Waals surface area (Å²) in [5.74, 6) is 0.930. The molecule has 1 fully saturated rings. The van der Waals surface area contributed by atoms with Crippen molar-refractivity contribution in [3.63, 3.8) is 0 Å². The normalized spacial score (nSPS) is 22.6. The smallest absolute Gasteiger partial charge is 0.119 e. The van der Waals surface area contributed by atoms with Crippen molar-refractivity contribution in [2.45, 2.75) is 56.6 Å². The summed E-state index contributed by atoms with van der Waals surface area (Å²) in [7, 11) is 6.01. The van der Waals surface area contributed by atoms with Gasteiger partial charge in [-0.15, -0.1) is 0 Å². The topological polar surface area (TPSA) is 27.7 Å².